The number of nitrogens with zero attached hydrogens (tertiary/aromatic N) is 7. The maximum absolute atomic E-state index is 10.9. The lowest BCUT2D eigenvalue weighted by molar-refractivity contribution is 0.186. The molecule has 4 heterocycles. The van der Waals surface area contributed by atoms with E-state index < -0.39 is 6.09 Å². The monoisotopic (exact) mass is 526 g/mol. The summed E-state index contributed by atoms with van der Waals surface area (Å²) in [4.78, 5) is 15.6. The van der Waals surface area contributed by atoms with Crippen LogP contribution in [0.15, 0.2) is 42.9 Å². The molecule has 0 radical (unpaired) electrons. The van der Waals surface area contributed by atoms with Gasteiger partial charge in [0.25, 0.3) is 0 Å². The van der Waals surface area contributed by atoms with Crippen LogP contribution in [0.25, 0.3) is 28.2 Å². The van der Waals surface area contributed by atoms with Gasteiger partial charge in [0, 0.05) is 36.1 Å². The number of rotatable bonds is 7. The van der Waals surface area contributed by atoms with Gasteiger partial charge in [-0.1, -0.05) is 5.21 Å². The molecule has 0 bridgehead atoms. The second-order valence-electron chi connectivity index (χ2n) is 10.5. The number of aromatic nitrogens is 6. The predicted molar refractivity (Wildman–Crippen MR) is 144 cm³/mol. The fourth-order valence-corrected chi connectivity index (χ4v) is 5.59. The lowest BCUT2D eigenvalue weighted by Crippen LogP contribution is -2.41. The van der Waals surface area contributed by atoms with E-state index in [0.29, 0.717) is 24.1 Å². The number of amides is 1. The van der Waals surface area contributed by atoms with Gasteiger partial charge in [0.15, 0.2) is 0 Å². The molecule has 2 aliphatic carbocycles. The highest BCUT2D eigenvalue weighted by molar-refractivity contribution is 5.79. The van der Waals surface area contributed by atoms with Gasteiger partial charge in [-0.25, -0.2) is 14.0 Å². The Morgan fingerprint density at radius 3 is 2.74 bits per heavy atom. The highest BCUT2D eigenvalue weighted by atomic mass is 16.4. The number of nitrogens with two attached hydrogens (primary N) is 1. The minimum Gasteiger partial charge on any atom is -0.465 e. The van der Waals surface area contributed by atoms with Crippen molar-refractivity contribution in [1.82, 2.24) is 34.9 Å². The molecule has 2 aliphatic rings. The second-order valence-corrected chi connectivity index (χ2v) is 10.5. The van der Waals surface area contributed by atoms with E-state index in [4.69, 9.17) is 15.8 Å². The van der Waals surface area contributed by atoms with Gasteiger partial charge in [-0.05, 0) is 68.7 Å². The Balaban J connectivity index is 1.29. The Morgan fingerprint density at radius 1 is 1.15 bits per heavy atom. The van der Waals surface area contributed by atoms with E-state index in [1.54, 1.807) is 16.8 Å². The number of fused-ring (bicyclic) bond motifs is 1. The lowest BCUT2D eigenvalue weighted by Gasteiger charge is -2.36. The molecule has 12 heteroatoms. The first-order valence-corrected chi connectivity index (χ1v) is 13.3. The zero-order valence-corrected chi connectivity index (χ0v) is 21.4. The van der Waals surface area contributed by atoms with Gasteiger partial charge >= 0.3 is 6.09 Å². The maximum atomic E-state index is 10.9. The minimum atomic E-state index is -0.995. The molecule has 4 aromatic heterocycles. The van der Waals surface area contributed by atoms with Crippen molar-refractivity contribution in [2.45, 2.75) is 56.7 Å². The molecule has 0 saturated heterocycles. The van der Waals surface area contributed by atoms with Crippen LogP contribution >= 0.6 is 0 Å². The van der Waals surface area contributed by atoms with Crippen LogP contribution in [0.4, 0.5) is 10.5 Å². The number of carboxylic acid groups (broad SMARTS) is 1. The number of pyridine rings is 1. The third-order valence-corrected chi connectivity index (χ3v) is 7.83. The molecule has 5 N–H and O–H groups in total. The molecule has 0 aliphatic heterocycles. The van der Waals surface area contributed by atoms with Crippen LogP contribution in [0.3, 0.4) is 0 Å². The second kappa shape index (κ2) is 10.3. The van der Waals surface area contributed by atoms with Crippen molar-refractivity contribution in [3.63, 3.8) is 0 Å². The van der Waals surface area contributed by atoms with E-state index in [2.05, 4.69) is 32.1 Å². The molecule has 39 heavy (non-hydrogen) atoms. The van der Waals surface area contributed by atoms with Crippen molar-refractivity contribution in [1.29, 1.82) is 5.26 Å². The molecule has 4 aromatic rings. The molecule has 0 spiro atoms. The van der Waals surface area contributed by atoms with E-state index in [1.165, 1.54) is 0 Å². The van der Waals surface area contributed by atoms with Gasteiger partial charge < -0.3 is 21.5 Å². The minimum absolute atomic E-state index is 0.204. The number of hydrogen-bond donors (Lipinski definition) is 4. The number of nitrogens with one attached hydrogen (secondary N) is 2. The Labute approximate surface area is 224 Å². The quantitative estimate of drug-likeness (QED) is 0.281. The van der Waals surface area contributed by atoms with Crippen LogP contribution in [0.1, 0.15) is 50.1 Å². The summed E-state index contributed by atoms with van der Waals surface area (Å²) in [5.41, 5.74) is 11.4. The number of carbonyl (C=O) groups is 1. The summed E-state index contributed by atoms with van der Waals surface area (Å²) in [6.45, 7) is 0.452. The number of nitriles is 1. The molecule has 0 unspecified atom stereocenters. The van der Waals surface area contributed by atoms with E-state index in [-0.39, 0.29) is 12.1 Å². The highest BCUT2D eigenvalue weighted by Crippen LogP contribution is 2.36. The molecule has 200 valence electrons. The third kappa shape index (κ3) is 5.13. The van der Waals surface area contributed by atoms with Gasteiger partial charge in [-0.15, -0.1) is 5.10 Å². The summed E-state index contributed by atoms with van der Waals surface area (Å²) in [7, 11) is 0. The molecule has 12 nitrogen and oxygen atoms in total. The topological polar surface area (TPSA) is 172 Å². The van der Waals surface area contributed by atoms with Gasteiger partial charge in [-0.2, -0.15) is 10.4 Å². The van der Waals surface area contributed by atoms with Crippen LogP contribution in [-0.2, 0) is 0 Å². The fourth-order valence-electron chi connectivity index (χ4n) is 5.59. The van der Waals surface area contributed by atoms with Crippen LogP contribution in [-0.4, -0.2) is 59.4 Å². The van der Waals surface area contributed by atoms with Crippen molar-refractivity contribution >= 4 is 17.3 Å². The van der Waals surface area contributed by atoms with Crippen LogP contribution < -0.4 is 16.4 Å². The van der Waals surface area contributed by atoms with E-state index >= 15 is 0 Å². The first kappa shape index (κ1) is 24.8. The summed E-state index contributed by atoms with van der Waals surface area (Å²) in [5.74, 6) is 0.301. The van der Waals surface area contributed by atoms with E-state index in [9.17, 15) is 10.1 Å². The van der Waals surface area contributed by atoms with Crippen molar-refractivity contribution in [3.8, 4) is 28.7 Å². The molecule has 0 aromatic carbocycles. The zero-order valence-electron chi connectivity index (χ0n) is 21.4. The van der Waals surface area contributed by atoms with Crippen molar-refractivity contribution in [2.24, 2.45) is 11.7 Å². The highest BCUT2D eigenvalue weighted by Gasteiger charge is 2.30. The van der Waals surface area contributed by atoms with Crippen LogP contribution in [0, 0.1) is 17.2 Å². The van der Waals surface area contributed by atoms with Crippen molar-refractivity contribution in [2.75, 3.05) is 11.9 Å². The zero-order chi connectivity index (χ0) is 26.9. The van der Waals surface area contributed by atoms with Gasteiger partial charge in [-0.3, -0.25) is 4.98 Å². The lowest BCUT2D eigenvalue weighted by atomic mass is 9.80. The Kier molecular flexibility index (Phi) is 6.58. The Hall–Kier alpha value is -4.50. The maximum Gasteiger partial charge on any atom is 0.404 e. The largest absolute Gasteiger partial charge is 0.465 e. The average molecular weight is 527 g/mol. The first-order valence-electron chi connectivity index (χ1n) is 13.3. The molecule has 6 rings (SSSR count). The molecule has 1 amide bonds. The molecular formula is C27H30N10O2. The molecule has 2 fully saturated rings. The Morgan fingerprint density at radius 2 is 1.97 bits per heavy atom. The van der Waals surface area contributed by atoms with E-state index in [0.717, 1.165) is 72.4 Å². The molecular weight excluding hydrogens is 496 g/mol. The van der Waals surface area contributed by atoms with Crippen molar-refractivity contribution in [3.05, 3.63) is 48.4 Å². The standard InChI is InChI=1S/C27H30N10O2/c28-11-17-9-21-5-6-26(37(21)32-13-17)24-10-23(33-19-7-16(8-19)12-31-27(38)39)22(14-30-24)25-15-36(35-34-25)20-3-1-18(29)2-4-20/h5-6,9-10,13-16,18-20,31H,1-4,7-8,12,29H2,(H,30,33)(H,38,39). The number of hydrogen-bond acceptors (Lipinski definition) is 8. The van der Waals surface area contributed by atoms with E-state index in [1.807, 2.05) is 35.3 Å². The molecule has 2 saturated carbocycles. The van der Waals surface area contributed by atoms with Crippen LogP contribution in [0.5, 0.6) is 0 Å². The summed E-state index contributed by atoms with van der Waals surface area (Å²) < 4.78 is 3.72. The first-order chi connectivity index (χ1) is 19.0. The summed E-state index contributed by atoms with van der Waals surface area (Å²) in [6.07, 6.45) is 10.0. The summed E-state index contributed by atoms with van der Waals surface area (Å²) in [6, 6.07) is 10.5. The predicted octanol–water partition coefficient (Wildman–Crippen LogP) is 3.43. The smallest absolute Gasteiger partial charge is 0.404 e. The van der Waals surface area contributed by atoms with Gasteiger partial charge in [0.05, 0.1) is 40.9 Å². The van der Waals surface area contributed by atoms with Gasteiger partial charge in [0.1, 0.15) is 11.8 Å². The third-order valence-electron chi connectivity index (χ3n) is 7.83. The number of anilines is 1. The molecule has 0 atom stereocenters. The SMILES string of the molecule is N#Cc1cnn2c(-c3cc(NC4CC(CNC(=O)O)C4)c(-c4cn(C5CCC(N)CC5)nn4)cn3)ccc2c1. The Bertz CT molecular complexity index is 1540. The van der Waals surface area contributed by atoms with Gasteiger partial charge in [0.2, 0.25) is 0 Å². The fraction of sp³-hybridized carbons (Fsp3) is 0.407. The average Bonchev–Trinajstić information content (AvgIpc) is 3.57. The van der Waals surface area contributed by atoms with Crippen molar-refractivity contribution < 1.29 is 9.90 Å². The normalized spacial score (nSPS) is 22.7. The summed E-state index contributed by atoms with van der Waals surface area (Å²) >= 11 is 0. The summed E-state index contributed by atoms with van der Waals surface area (Å²) in [5, 5.41) is 37.6. The van der Waals surface area contributed by atoms with Crippen LogP contribution in [0.2, 0.25) is 0 Å².